The zero-order valence-electron chi connectivity index (χ0n) is 21.4. The van der Waals surface area contributed by atoms with Gasteiger partial charge in [0.2, 0.25) is 0 Å². The molecule has 2 aromatic heterocycles. The summed E-state index contributed by atoms with van der Waals surface area (Å²) in [6.07, 6.45) is 6.43. The molecule has 0 radical (unpaired) electrons. The Morgan fingerprint density at radius 2 is 1.89 bits per heavy atom. The van der Waals surface area contributed by atoms with Crippen molar-refractivity contribution in [2.45, 2.75) is 18.9 Å². The third-order valence-electron chi connectivity index (χ3n) is 6.87. The van der Waals surface area contributed by atoms with Crippen LogP contribution in [0.1, 0.15) is 28.9 Å². The molecule has 3 N–H and O–H groups in total. The van der Waals surface area contributed by atoms with Crippen LogP contribution in [0.2, 0.25) is 0 Å². The van der Waals surface area contributed by atoms with Crippen molar-refractivity contribution in [1.29, 1.82) is 5.26 Å². The number of ether oxygens (including phenoxy) is 1. The van der Waals surface area contributed by atoms with E-state index >= 15 is 0 Å². The lowest BCUT2D eigenvalue weighted by molar-refractivity contribution is 0.102. The van der Waals surface area contributed by atoms with Crippen LogP contribution >= 0.6 is 0 Å². The first-order valence-electron chi connectivity index (χ1n) is 12.8. The molecule has 1 aromatic carbocycles. The molecule has 5 rings (SSSR count). The summed E-state index contributed by atoms with van der Waals surface area (Å²) in [4.78, 5) is 30.7. The lowest BCUT2D eigenvalue weighted by Gasteiger charge is -2.34. The lowest BCUT2D eigenvalue weighted by atomic mass is 10.0. The first-order chi connectivity index (χ1) is 18.6. The second kappa shape index (κ2) is 11.9. The summed E-state index contributed by atoms with van der Waals surface area (Å²) in [5.41, 5.74) is 3.28. The number of anilines is 5. The third-order valence-corrected chi connectivity index (χ3v) is 6.87. The van der Waals surface area contributed by atoms with Crippen LogP contribution in [0.5, 0.6) is 0 Å². The molecule has 2 aliphatic heterocycles. The molecule has 1 amide bonds. The molecule has 2 aliphatic rings. The Kier molecular flexibility index (Phi) is 7.92. The molecular formula is C27H31N9O2. The summed E-state index contributed by atoms with van der Waals surface area (Å²) in [6.45, 7) is 4.91. The number of piperidine rings is 1. The summed E-state index contributed by atoms with van der Waals surface area (Å²) in [7, 11) is 2.02. The molecule has 0 saturated carbocycles. The Hall–Kier alpha value is -4.27. The Morgan fingerprint density at radius 1 is 1.11 bits per heavy atom. The number of amides is 1. The maximum absolute atomic E-state index is 13.6. The highest BCUT2D eigenvalue weighted by Gasteiger charge is 2.24. The first kappa shape index (κ1) is 25.4. The van der Waals surface area contributed by atoms with E-state index in [0.29, 0.717) is 30.4 Å². The number of carbonyl (C=O) groups excluding carboxylic acids is 1. The van der Waals surface area contributed by atoms with Crippen LogP contribution in [0, 0.1) is 11.3 Å². The minimum atomic E-state index is -0.225. The van der Waals surface area contributed by atoms with Gasteiger partial charge in [-0.25, -0.2) is 15.0 Å². The average molecular weight is 514 g/mol. The highest BCUT2D eigenvalue weighted by Crippen LogP contribution is 2.29. The van der Waals surface area contributed by atoms with E-state index in [0.717, 1.165) is 56.1 Å². The number of nitrogens with one attached hydrogen (secondary N) is 3. The van der Waals surface area contributed by atoms with Crippen LogP contribution in [-0.4, -0.2) is 73.3 Å². The van der Waals surface area contributed by atoms with Gasteiger partial charge in [0, 0.05) is 49.8 Å². The van der Waals surface area contributed by atoms with E-state index in [9.17, 15) is 4.79 Å². The fourth-order valence-electron chi connectivity index (χ4n) is 4.75. The highest BCUT2D eigenvalue weighted by atomic mass is 16.5. The van der Waals surface area contributed by atoms with Crippen molar-refractivity contribution < 1.29 is 9.53 Å². The molecule has 3 aromatic rings. The van der Waals surface area contributed by atoms with Crippen molar-refractivity contribution >= 4 is 34.6 Å². The lowest BCUT2D eigenvalue weighted by Crippen LogP contribution is -2.41. The van der Waals surface area contributed by atoms with Gasteiger partial charge < -0.3 is 30.5 Å². The number of nitrogens with zero attached hydrogens (tertiary/aromatic N) is 6. The quantitative estimate of drug-likeness (QED) is 0.433. The van der Waals surface area contributed by atoms with E-state index in [2.05, 4.69) is 40.7 Å². The van der Waals surface area contributed by atoms with Gasteiger partial charge in [0.15, 0.2) is 5.69 Å². The largest absolute Gasteiger partial charge is 0.378 e. The smallest absolute Gasteiger partial charge is 0.259 e. The highest BCUT2D eigenvalue weighted by molar-refractivity contribution is 6.08. The van der Waals surface area contributed by atoms with Crippen LogP contribution in [0.3, 0.4) is 0 Å². The number of carbonyl (C=O) groups is 1. The fraction of sp³-hybridized carbons (Fsp3) is 0.370. The van der Waals surface area contributed by atoms with Crippen molar-refractivity contribution in [3.63, 3.8) is 0 Å². The van der Waals surface area contributed by atoms with Crippen LogP contribution in [0.25, 0.3) is 0 Å². The first-order valence-corrected chi connectivity index (χ1v) is 12.8. The normalized spacial score (nSPS) is 15.9. The zero-order valence-corrected chi connectivity index (χ0v) is 21.4. The number of rotatable bonds is 7. The number of pyridine rings is 1. The van der Waals surface area contributed by atoms with Gasteiger partial charge in [-0.2, -0.15) is 5.26 Å². The SMILES string of the molecule is CN(c1cc(Nc2cnc(C#N)cn2)ncc1C(=O)Nc1cccc(N2CCOCC2)c1)C1CCNCC1. The third kappa shape index (κ3) is 5.99. The Balaban J connectivity index is 1.40. The summed E-state index contributed by atoms with van der Waals surface area (Å²) in [6, 6.07) is 12.0. The van der Waals surface area contributed by atoms with Crippen molar-refractivity contribution in [3.05, 3.63) is 60.2 Å². The fourth-order valence-corrected chi connectivity index (χ4v) is 4.75. The molecule has 0 atom stereocenters. The molecule has 38 heavy (non-hydrogen) atoms. The molecule has 11 nitrogen and oxygen atoms in total. The summed E-state index contributed by atoms with van der Waals surface area (Å²) in [5, 5.41) is 18.6. The zero-order chi connectivity index (χ0) is 26.3. The van der Waals surface area contributed by atoms with Crippen molar-refractivity contribution in [3.8, 4) is 6.07 Å². The number of benzene rings is 1. The number of nitriles is 1. The van der Waals surface area contributed by atoms with Gasteiger partial charge in [-0.05, 0) is 44.1 Å². The molecule has 0 spiro atoms. The van der Waals surface area contributed by atoms with Gasteiger partial charge in [0.25, 0.3) is 5.91 Å². The van der Waals surface area contributed by atoms with Crippen LogP contribution in [-0.2, 0) is 4.74 Å². The number of morpholine rings is 1. The summed E-state index contributed by atoms with van der Waals surface area (Å²) in [5.74, 6) is 0.770. The van der Waals surface area contributed by atoms with Crippen molar-refractivity contribution in [2.75, 3.05) is 66.9 Å². The maximum atomic E-state index is 13.6. The molecule has 2 saturated heterocycles. The minimum absolute atomic E-state index is 0.225. The predicted octanol–water partition coefficient (Wildman–Crippen LogP) is 2.76. The van der Waals surface area contributed by atoms with E-state index in [1.54, 1.807) is 6.20 Å². The van der Waals surface area contributed by atoms with Crippen molar-refractivity contribution in [2.24, 2.45) is 0 Å². The van der Waals surface area contributed by atoms with E-state index in [1.807, 2.05) is 43.4 Å². The van der Waals surface area contributed by atoms with Crippen LogP contribution in [0.15, 0.2) is 48.9 Å². The predicted molar refractivity (Wildman–Crippen MR) is 146 cm³/mol. The Morgan fingerprint density at radius 3 is 2.63 bits per heavy atom. The molecule has 4 heterocycles. The molecule has 0 aliphatic carbocycles. The number of aromatic nitrogens is 3. The average Bonchev–Trinajstić information content (AvgIpc) is 2.98. The monoisotopic (exact) mass is 513 g/mol. The van der Waals surface area contributed by atoms with Crippen LogP contribution < -0.4 is 25.8 Å². The number of hydrogen-bond acceptors (Lipinski definition) is 10. The number of hydrogen-bond donors (Lipinski definition) is 3. The molecule has 0 bridgehead atoms. The summed E-state index contributed by atoms with van der Waals surface area (Å²) >= 11 is 0. The minimum Gasteiger partial charge on any atom is -0.378 e. The summed E-state index contributed by atoms with van der Waals surface area (Å²) < 4.78 is 5.46. The standard InChI is InChI=1S/C27H31N9O2/c1-35(21-5-7-29-8-6-21)24-14-25(34-26-18-30-20(15-28)16-31-26)32-17-23(24)27(37)33-19-3-2-4-22(13-19)36-9-11-38-12-10-36/h2-4,13-14,16-18,21,29H,5-12H2,1H3,(H,33,37)(H,31,32,34). The topological polar surface area (TPSA) is 131 Å². The van der Waals surface area contributed by atoms with Crippen molar-refractivity contribution in [1.82, 2.24) is 20.3 Å². The van der Waals surface area contributed by atoms with Crippen LogP contribution in [0.4, 0.5) is 28.7 Å². The van der Waals surface area contributed by atoms with E-state index < -0.39 is 0 Å². The van der Waals surface area contributed by atoms with E-state index in [-0.39, 0.29) is 17.6 Å². The molecule has 2 fully saturated rings. The van der Waals surface area contributed by atoms with E-state index in [1.165, 1.54) is 12.4 Å². The van der Waals surface area contributed by atoms with Gasteiger partial charge in [-0.15, -0.1) is 0 Å². The Labute approximate surface area is 221 Å². The maximum Gasteiger partial charge on any atom is 0.259 e. The molecule has 0 unspecified atom stereocenters. The Bertz CT molecular complexity index is 1300. The van der Waals surface area contributed by atoms with E-state index in [4.69, 9.17) is 10.00 Å². The van der Waals surface area contributed by atoms with Gasteiger partial charge >= 0.3 is 0 Å². The molecule has 11 heteroatoms. The second-order valence-corrected chi connectivity index (χ2v) is 9.31. The molecular weight excluding hydrogens is 482 g/mol. The van der Waals surface area contributed by atoms with Gasteiger partial charge in [-0.3, -0.25) is 4.79 Å². The second-order valence-electron chi connectivity index (χ2n) is 9.31. The van der Waals surface area contributed by atoms with Gasteiger partial charge in [0.05, 0.1) is 36.9 Å². The molecule has 196 valence electrons. The van der Waals surface area contributed by atoms with Gasteiger partial charge in [-0.1, -0.05) is 6.07 Å². The van der Waals surface area contributed by atoms with Gasteiger partial charge in [0.1, 0.15) is 17.7 Å².